The van der Waals surface area contributed by atoms with Gasteiger partial charge in [0.15, 0.2) is 0 Å². The van der Waals surface area contributed by atoms with Gasteiger partial charge in [-0.15, -0.1) is 0 Å². The molecule has 0 spiro atoms. The zero-order chi connectivity index (χ0) is 10.7. The van der Waals surface area contributed by atoms with Crippen LogP contribution in [-0.4, -0.2) is 4.98 Å². The average molecular weight is 192 g/mol. The minimum Gasteiger partial charge on any atom is -0.324 e. The maximum atomic E-state index is 6.18. The van der Waals surface area contributed by atoms with Crippen LogP contribution in [0.25, 0.3) is 0 Å². The van der Waals surface area contributed by atoms with Gasteiger partial charge in [-0.05, 0) is 36.5 Å². The molecule has 78 valence electrons. The van der Waals surface area contributed by atoms with E-state index in [-0.39, 0.29) is 6.04 Å². The van der Waals surface area contributed by atoms with Gasteiger partial charge in [-0.2, -0.15) is 0 Å². The predicted molar refractivity (Wildman–Crippen MR) is 59.9 cm³/mol. The van der Waals surface area contributed by atoms with E-state index in [1.54, 1.807) is 0 Å². The molecule has 1 aromatic heterocycles. The van der Waals surface area contributed by atoms with Crippen molar-refractivity contribution in [2.75, 3.05) is 0 Å². The molecule has 0 saturated carbocycles. The molecule has 2 unspecified atom stereocenters. The van der Waals surface area contributed by atoms with Crippen molar-refractivity contribution < 1.29 is 0 Å². The first kappa shape index (κ1) is 11.2. The van der Waals surface area contributed by atoms with Crippen LogP contribution < -0.4 is 5.73 Å². The molecule has 1 aromatic rings. The van der Waals surface area contributed by atoms with E-state index in [9.17, 15) is 0 Å². The summed E-state index contributed by atoms with van der Waals surface area (Å²) in [5.41, 5.74) is 8.41. The highest BCUT2D eigenvalue weighted by atomic mass is 14.7. The molecule has 0 aliphatic heterocycles. The second kappa shape index (κ2) is 4.56. The molecule has 0 aromatic carbocycles. The Hall–Kier alpha value is -0.890. The van der Waals surface area contributed by atoms with Crippen LogP contribution in [0.1, 0.15) is 38.1 Å². The molecule has 0 radical (unpaired) electrons. The summed E-state index contributed by atoms with van der Waals surface area (Å²) < 4.78 is 0. The lowest BCUT2D eigenvalue weighted by atomic mass is 9.87. The number of pyridine rings is 1. The first-order valence-electron chi connectivity index (χ1n) is 5.20. The standard InChI is InChI=1S/C12H20N2/c1-8(2)10(4)12(13)11-5-6-14-9(3)7-11/h5-8,10,12H,13H2,1-4H3. The van der Waals surface area contributed by atoms with Gasteiger partial charge >= 0.3 is 0 Å². The summed E-state index contributed by atoms with van der Waals surface area (Å²) in [5, 5.41) is 0. The molecule has 0 bridgehead atoms. The van der Waals surface area contributed by atoms with Crippen molar-refractivity contribution in [2.45, 2.75) is 33.7 Å². The van der Waals surface area contributed by atoms with Crippen molar-refractivity contribution in [3.05, 3.63) is 29.6 Å². The SMILES string of the molecule is Cc1cc(C(N)C(C)C(C)C)ccn1. The predicted octanol–water partition coefficient (Wildman–Crippen LogP) is 2.68. The molecule has 2 atom stereocenters. The Kier molecular flexibility index (Phi) is 3.64. The van der Waals surface area contributed by atoms with Gasteiger partial charge in [0.2, 0.25) is 0 Å². The zero-order valence-corrected chi connectivity index (χ0v) is 9.49. The summed E-state index contributed by atoms with van der Waals surface area (Å²) >= 11 is 0. The van der Waals surface area contributed by atoms with Crippen LogP contribution in [-0.2, 0) is 0 Å². The second-order valence-corrected chi connectivity index (χ2v) is 4.36. The highest BCUT2D eigenvalue weighted by molar-refractivity contribution is 5.19. The molecule has 0 amide bonds. The summed E-state index contributed by atoms with van der Waals surface area (Å²) in [5.74, 6) is 1.11. The highest BCUT2D eigenvalue weighted by Crippen LogP contribution is 2.25. The van der Waals surface area contributed by atoms with E-state index in [2.05, 4.69) is 31.8 Å². The summed E-state index contributed by atoms with van der Waals surface area (Å²) in [6, 6.07) is 4.21. The van der Waals surface area contributed by atoms with Crippen molar-refractivity contribution in [1.29, 1.82) is 0 Å². The van der Waals surface area contributed by atoms with Crippen molar-refractivity contribution in [3.8, 4) is 0 Å². The maximum absolute atomic E-state index is 6.18. The quantitative estimate of drug-likeness (QED) is 0.799. The summed E-state index contributed by atoms with van der Waals surface area (Å²) in [4.78, 5) is 4.17. The fraction of sp³-hybridized carbons (Fsp3) is 0.583. The van der Waals surface area contributed by atoms with Crippen molar-refractivity contribution in [2.24, 2.45) is 17.6 Å². The van der Waals surface area contributed by atoms with E-state index < -0.39 is 0 Å². The van der Waals surface area contributed by atoms with Gasteiger partial charge in [-0.1, -0.05) is 20.8 Å². The lowest BCUT2D eigenvalue weighted by Gasteiger charge is -2.23. The van der Waals surface area contributed by atoms with E-state index in [1.165, 1.54) is 5.56 Å². The molecule has 2 N–H and O–H groups in total. The Balaban J connectivity index is 2.83. The summed E-state index contributed by atoms with van der Waals surface area (Å²) in [6.07, 6.45) is 1.83. The first-order valence-corrected chi connectivity index (χ1v) is 5.20. The van der Waals surface area contributed by atoms with Crippen LogP contribution in [0.15, 0.2) is 18.3 Å². The molecule has 0 fully saturated rings. The lowest BCUT2D eigenvalue weighted by molar-refractivity contribution is 0.352. The second-order valence-electron chi connectivity index (χ2n) is 4.36. The van der Waals surface area contributed by atoms with E-state index in [0.717, 1.165) is 5.69 Å². The van der Waals surface area contributed by atoms with Crippen molar-refractivity contribution in [3.63, 3.8) is 0 Å². The van der Waals surface area contributed by atoms with E-state index in [0.29, 0.717) is 11.8 Å². The Morgan fingerprint density at radius 3 is 2.43 bits per heavy atom. The number of nitrogens with two attached hydrogens (primary N) is 1. The fourth-order valence-corrected chi connectivity index (χ4v) is 1.49. The van der Waals surface area contributed by atoms with Crippen LogP contribution in [0.3, 0.4) is 0 Å². The van der Waals surface area contributed by atoms with E-state index in [1.807, 2.05) is 19.2 Å². The molecule has 0 saturated heterocycles. The van der Waals surface area contributed by atoms with E-state index >= 15 is 0 Å². The number of rotatable bonds is 3. The lowest BCUT2D eigenvalue weighted by Crippen LogP contribution is -2.23. The van der Waals surface area contributed by atoms with Gasteiger partial charge in [-0.25, -0.2) is 0 Å². The minimum atomic E-state index is 0.122. The number of nitrogens with zero attached hydrogens (tertiary/aromatic N) is 1. The van der Waals surface area contributed by atoms with Crippen LogP contribution in [0, 0.1) is 18.8 Å². The number of hydrogen-bond acceptors (Lipinski definition) is 2. The summed E-state index contributed by atoms with van der Waals surface area (Å²) in [6.45, 7) is 8.61. The average Bonchev–Trinajstić information content (AvgIpc) is 2.15. The molecule has 1 rings (SSSR count). The Labute approximate surface area is 86.5 Å². The zero-order valence-electron chi connectivity index (χ0n) is 9.49. The Bertz CT molecular complexity index is 294. The number of hydrogen-bond donors (Lipinski definition) is 1. The van der Waals surface area contributed by atoms with Crippen LogP contribution in [0.2, 0.25) is 0 Å². The van der Waals surface area contributed by atoms with Gasteiger partial charge in [0.05, 0.1) is 0 Å². The maximum Gasteiger partial charge on any atom is 0.0375 e. The largest absolute Gasteiger partial charge is 0.324 e. The van der Waals surface area contributed by atoms with Gasteiger partial charge < -0.3 is 5.73 Å². The first-order chi connectivity index (χ1) is 6.52. The third-order valence-electron chi connectivity index (χ3n) is 2.92. The molecule has 2 nitrogen and oxygen atoms in total. The van der Waals surface area contributed by atoms with E-state index in [4.69, 9.17) is 5.73 Å². The molecular weight excluding hydrogens is 172 g/mol. The molecule has 0 aliphatic carbocycles. The van der Waals surface area contributed by atoms with Gasteiger partial charge in [0, 0.05) is 17.9 Å². The normalized spacial score (nSPS) is 15.6. The Morgan fingerprint density at radius 1 is 1.29 bits per heavy atom. The van der Waals surface area contributed by atoms with Crippen LogP contribution >= 0.6 is 0 Å². The molecule has 14 heavy (non-hydrogen) atoms. The molecular formula is C12H20N2. The summed E-state index contributed by atoms with van der Waals surface area (Å²) in [7, 11) is 0. The molecule has 2 heteroatoms. The van der Waals surface area contributed by atoms with Crippen molar-refractivity contribution in [1.82, 2.24) is 4.98 Å². The highest BCUT2D eigenvalue weighted by Gasteiger charge is 2.17. The third kappa shape index (κ3) is 2.55. The fourth-order valence-electron chi connectivity index (χ4n) is 1.49. The number of aryl methyl sites for hydroxylation is 1. The minimum absolute atomic E-state index is 0.122. The van der Waals surface area contributed by atoms with Crippen LogP contribution in [0.4, 0.5) is 0 Å². The smallest absolute Gasteiger partial charge is 0.0375 e. The monoisotopic (exact) mass is 192 g/mol. The topological polar surface area (TPSA) is 38.9 Å². The Morgan fingerprint density at radius 2 is 1.93 bits per heavy atom. The van der Waals surface area contributed by atoms with Gasteiger partial charge in [0.1, 0.15) is 0 Å². The van der Waals surface area contributed by atoms with Crippen molar-refractivity contribution >= 4 is 0 Å². The van der Waals surface area contributed by atoms with Crippen LogP contribution in [0.5, 0.6) is 0 Å². The van der Waals surface area contributed by atoms with Gasteiger partial charge in [-0.3, -0.25) is 4.98 Å². The molecule has 0 aliphatic rings. The number of aromatic nitrogens is 1. The molecule has 1 heterocycles. The third-order valence-corrected chi connectivity index (χ3v) is 2.92. The van der Waals surface area contributed by atoms with Gasteiger partial charge in [0.25, 0.3) is 0 Å².